The van der Waals surface area contributed by atoms with Crippen molar-refractivity contribution in [2.75, 3.05) is 11.5 Å². The largest absolute Gasteiger partial charge is 0.465 e. The Labute approximate surface area is 264 Å². The number of alkyl halides is 1. The van der Waals surface area contributed by atoms with E-state index < -0.39 is 39.0 Å². The van der Waals surface area contributed by atoms with E-state index in [0.29, 0.717) is 68.8 Å². The third-order valence-corrected chi connectivity index (χ3v) is 11.0. The molecule has 1 aromatic carbocycles. The molecule has 236 valence electrons. The van der Waals surface area contributed by atoms with Crippen molar-refractivity contribution in [2.45, 2.75) is 82.6 Å². The highest BCUT2D eigenvalue weighted by atomic mass is 35.5. The van der Waals surface area contributed by atoms with Crippen LogP contribution < -0.4 is 10.2 Å². The molecule has 3 aromatic heterocycles. The van der Waals surface area contributed by atoms with Crippen molar-refractivity contribution in [3.05, 3.63) is 28.0 Å². The number of carboxylic acid groups (broad SMARTS) is 1. The fraction of sp³-hybridized carbons (Fsp3) is 0.536. The summed E-state index contributed by atoms with van der Waals surface area (Å²) in [5, 5.41) is 32.6. The normalized spacial score (nSPS) is 22.0. The van der Waals surface area contributed by atoms with Crippen LogP contribution in [0.1, 0.15) is 25.0 Å². The van der Waals surface area contributed by atoms with E-state index in [2.05, 4.69) is 30.1 Å². The molecule has 3 N–H and O–H groups in total. The summed E-state index contributed by atoms with van der Waals surface area (Å²) in [5.74, 6) is 0.357. The van der Waals surface area contributed by atoms with Crippen LogP contribution in [-0.4, -0.2) is 84.8 Å². The lowest BCUT2D eigenvalue weighted by Gasteiger charge is -2.42. The summed E-state index contributed by atoms with van der Waals surface area (Å²) in [6.45, 7) is 7.03. The predicted octanol–water partition coefficient (Wildman–Crippen LogP) is 5.21. The molecule has 1 amide bonds. The van der Waals surface area contributed by atoms with Crippen LogP contribution in [0.3, 0.4) is 0 Å². The monoisotopic (exact) mass is 664 g/mol. The first-order valence-corrected chi connectivity index (χ1v) is 19.0. The minimum atomic E-state index is -1.45. The zero-order chi connectivity index (χ0) is 31.5. The van der Waals surface area contributed by atoms with E-state index >= 15 is 4.39 Å². The number of aryl methyl sites for hydroxylation is 1. The molecule has 2 bridgehead atoms. The van der Waals surface area contributed by atoms with E-state index in [0.717, 1.165) is 6.04 Å². The molecule has 0 unspecified atom stereocenters. The van der Waals surface area contributed by atoms with Crippen molar-refractivity contribution in [3.8, 4) is 11.3 Å². The number of amides is 1. The van der Waals surface area contributed by atoms with E-state index in [4.69, 9.17) is 43.0 Å². The highest BCUT2D eigenvalue weighted by Gasteiger charge is 2.49. The molecule has 2 saturated heterocycles. The number of fused-ring (bicyclic) bond motifs is 4. The van der Waals surface area contributed by atoms with Crippen LogP contribution in [0.25, 0.3) is 33.3 Å². The average Bonchev–Trinajstić information content (AvgIpc) is 3.59. The van der Waals surface area contributed by atoms with Gasteiger partial charge in [-0.3, -0.25) is 4.68 Å². The van der Waals surface area contributed by atoms with Gasteiger partial charge >= 0.3 is 6.09 Å². The molecular weight excluding hydrogens is 630 g/mol. The number of hydrogen-bond donors (Lipinski definition) is 3. The van der Waals surface area contributed by atoms with Gasteiger partial charge in [-0.25, -0.2) is 23.8 Å². The lowest BCUT2D eigenvalue weighted by atomic mass is 9.95. The van der Waals surface area contributed by atoms with E-state index in [1.807, 2.05) is 4.90 Å². The van der Waals surface area contributed by atoms with Gasteiger partial charge in [0, 0.05) is 33.3 Å². The highest BCUT2D eigenvalue weighted by Crippen LogP contribution is 2.43. The quantitative estimate of drug-likeness (QED) is 0.162. The average molecular weight is 666 g/mol. The third kappa shape index (κ3) is 5.51. The summed E-state index contributed by atoms with van der Waals surface area (Å²) in [6, 6.07) is 2.97. The molecule has 16 heteroatoms. The SMILES string of the molecule is Cn1nc2ccc(-c3nn(COCC[Si](C)(C)C)c4nc(N5[C@@H]6CC[C@H]5[C@@H](F)[C@@H](NC(=O)O)C6)c(CO)nc34)c(Cl)c2c1Cl. The second-order valence-electron chi connectivity index (χ2n) is 12.7. The maximum Gasteiger partial charge on any atom is 0.404 e. The molecule has 44 heavy (non-hydrogen) atoms. The Morgan fingerprint density at radius 2 is 1.98 bits per heavy atom. The van der Waals surface area contributed by atoms with Crippen LogP contribution in [0.4, 0.5) is 15.0 Å². The van der Waals surface area contributed by atoms with Crippen LogP contribution in [0.5, 0.6) is 0 Å². The Kier molecular flexibility index (Phi) is 8.24. The minimum absolute atomic E-state index is 0.101. The number of nitrogens with zero attached hydrogens (tertiary/aromatic N) is 7. The standard InChI is InChI=1S/C28H35Cl2FN8O4Si/c1-37-25(30)20-16(35-37)7-6-15(21(20)29)23-24-27(38(36-23)13-43-9-10-44(2,3)4)34-26(18(12-40)32-24)39-14-5-8-19(39)22(31)17(11-14)33-28(41)42/h6-7,14,17,19,22,33,40H,5,8-13H2,1-4H3,(H,41,42)/t14-,17+,19+,22+/m1/s1. The number of aliphatic hydroxyl groups excluding tert-OH is 1. The molecule has 4 aromatic rings. The number of piperidine rings is 1. The molecule has 12 nitrogen and oxygen atoms in total. The van der Waals surface area contributed by atoms with Gasteiger partial charge in [0.05, 0.1) is 34.6 Å². The van der Waals surface area contributed by atoms with E-state index in [1.54, 1.807) is 28.5 Å². The maximum absolute atomic E-state index is 15.7. The molecule has 0 saturated carbocycles. The topological polar surface area (TPSA) is 143 Å². The van der Waals surface area contributed by atoms with Gasteiger partial charge in [0.2, 0.25) is 0 Å². The van der Waals surface area contributed by atoms with Crippen LogP contribution in [0, 0.1) is 0 Å². The first kappa shape index (κ1) is 31.0. The van der Waals surface area contributed by atoms with Gasteiger partial charge in [-0.2, -0.15) is 10.2 Å². The van der Waals surface area contributed by atoms with Gasteiger partial charge in [0.25, 0.3) is 0 Å². The summed E-state index contributed by atoms with van der Waals surface area (Å²) in [6.07, 6.45) is -1.23. The molecule has 5 heterocycles. The van der Waals surface area contributed by atoms with Gasteiger partial charge in [0.15, 0.2) is 11.5 Å². The van der Waals surface area contributed by atoms with Gasteiger partial charge in [-0.05, 0) is 37.4 Å². The summed E-state index contributed by atoms with van der Waals surface area (Å²) < 4.78 is 24.9. The van der Waals surface area contributed by atoms with Crippen LogP contribution in [0.15, 0.2) is 12.1 Å². The molecule has 2 aliphatic heterocycles. The number of ether oxygens (including phenoxy) is 1. The molecular formula is C28H35Cl2FN8O4Si. The molecule has 0 aliphatic carbocycles. The van der Waals surface area contributed by atoms with Gasteiger partial charge in [-0.1, -0.05) is 42.8 Å². The first-order valence-electron chi connectivity index (χ1n) is 14.6. The number of hydrogen-bond acceptors (Lipinski definition) is 8. The predicted molar refractivity (Wildman–Crippen MR) is 169 cm³/mol. The fourth-order valence-corrected chi connectivity index (χ4v) is 7.66. The Morgan fingerprint density at radius 1 is 1.20 bits per heavy atom. The lowest BCUT2D eigenvalue weighted by molar-refractivity contribution is 0.0814. The van der Waals surface area contributed by atoms with Crippen molar-refractivity contribution in [1.82, 2.24) is 34.8 Å². The third-order valence-electron chi connectivity index (χ3n) is 8.48. The summed E-state index contributed by atoms with van der Waals surface area (Å²) in [7, 11) is 0.392. The summed E-state index contributed by atoms with van der Waals surface area (Å²) in [4.78, 5) is 23.0. The Morgan fingerprint density at radius 3 is 2.68 bits per heavy atom. The molecule has 2 fully saturated rings. The number of carbonyl (C=O) groups is 1. The number of benzene rings is 1. The second kappa shape index (κ2) is 11.7. The van der Waals surface area contributed by atoms with Crippen molar-refractivity contribution in [1.29, 1.82) is 0 Å². The van der Waals surface area contributed by atoms with Gasteiger partial charge in [0.1, 0.15) is 35.0 Å². The Hall–Kier alpha value is -3.04. The molecule has 0 spiro atoms. The molecule has 0 radical (unpaired) electrons. The Balaban J connectivity index is 1.46. The Bertz CT molecular complexity index is 1740. The first-order chi connectivity index (χ1) is 20.9. The molecule has 2 aliphatic rings. The molecule has 4 atom stereocenters. The highest BCUT2D eigenvalue weighted by molar-refractivity contribution is 6.76. The number of aromatic nitrogens is 6. The number of aliphatic hydroxyl groups is 1. The number of nitrogens with one attached hydrogen (secondary N) is 1. The minimum Gasteiger partial charge on any atom is -0.465 e. The van der Waals surface area contributed by atoms with E-state index in [1.165, 1.54) is 0 Å². The maximum atomic E-state index is 15.7. The second-order valence-corrected chi connectivity index (χ2v) is 19.1. The number of halogens is 3. The lowest BCUT2D eigenvalue weighted by Crippen LogP contribution is -2.58. The molecule has 6 rings (SSSR count). The summed E-state index contributed by atoms with van der Waals surface area (Å²) >= 11 is 13.4. The zero-order valence-electron chi connectivity index (χ0n) is 24.9. The van der Waals surface area contributed by atoms with Gasteiger partial charge in [-0.15, -0.1) is 0 Å². The summed E-state index contributed by atoms with van der Waals surface area (Å²) in [5.41, 5.74) is 2.70. The van der Waals surface area contributed by atoms with E-state index in [9.17, 15) is 15.0 Å². The van der Waals surface area contributed by atoms with Crippen LogP contribution in [-0.2, 0) is 25.1 Å². The number of rotatable bonds is 9. The van der Waals surface area contributed by atoms with Crippen molar-refractivity contribution < 1.29 is 24.1 Å². The van der Waals surface area contributed by atoms with Gasteiger partial charge < -0.3 is 25.2 Å². The number of anilines is 1. The van der Waals surface area contributed by atoms with Crippen molar-refractivity contribution in [3.63, 3.8) is 0 Å². The van der Waals surface area contributed by atoms with Crippen molar-refractivity contribution >= 4 is 65.3 Å². The van der Waals surface area contributed by atoms with Crippen LogP contribution >= 0.6 is 23.2 Å². The van der Waals surface area contributed by atoms with E-state index in [-0.39, 0.29) is 24.9 Å². The van der Waals surface area contributed by atoms with Crippen molar-refractivity contribution in [2.24, 2.45) is 7.05 Å². The van der Waals surface area contributed by atoms with Crippen LogP contribution in [0.2, 0.25) is 35.9 Å². The smallest absolute Gasteiger partial charge is 0.404 e. The zero-order valence-corrected chi connectivity index (χ0v) is 27.4. The fourth-order valence-electron chi connectivity index (χ4n) is 6.29.